The first-order chi connectivity index (χ1) is 10.6. The van der Waals surface area contributed by atoms with Crippen LogP contribution in [0.1, 0.15) is 11.1 Å². The van der Waals surface area contributed by atoms with Crippen molar-refractivity contribution in [2.24, 2.45) is 0 Å². The molecule has 0 aliphatic carbocycles. The molecule has 114 valence electrons. The van der Waals surface area contributed by atoms with Gasteiger partial charge in [0.25, 0.3) is 0 Å². The van der Waals surface area contributed by atoms with Gasteiger partial charge in [-0.1, -0.05) is 36.4 Å². The van der Waals surface area contributed by atoms with Crippen molar-refractivity contribution in [3.05, 3.63) is 65.5 Å². The fourth-order valence-electron chi connectivity index (χ4n) is 2.89. The van der Waals surface area contributed by atoms with Crippen molar-refractivity contribution in [1.82, 2.24) is 4.90 Å². The Morgan fingerprint density at radius 3 is 2.73 bits per heavy atom. The molecule has 22 heavy (non-hydrogen) atoms. The number of likely N-dealkylation sites (N-methyl/N-ethyl adjacent to an activating group) is 1. The van der Waals surface area contributed by atoms with Crippen molar-refractivity contribution >= 4 is 11.6 Å². The van der Waals surface area contributed by atoms with Gasteiger partial charge in [-0.05, 0) is 31.2 Å². The molecule has 0 N–H and O–H groups in total. The lowest BCUT2D eigenvalue weighted by Crippen LogP contribution is -2.38. The van der Waals surface area contributed by atoms with Gasteiger partial charge in [-0.2, -0.15) is 0 Å². The highest BCUT2D eigenvalue weighted by atomic mass is 19.1. The van der Waals surface area contributed by atoms with E-state index in [-0.39, 0.29) is 18.3 Å². The van der Waals surface area contributed by atoms with E-state index in [0.717, 1.165) is 18.7 Å². The van der Waals surface area contributed by atoms with Crippen molar-refractivity contribution in [3.8, 4) is 0 Å². The molecular formula is C18H19FN2O. The number of anilines is 1. The van der Waals surface area contributed by atoms with Crippen LogP contribution in [0.4, 0.5) is 10.1 Å². The number of nitrogens with zero attached hydrogens (tertiary/aromatic N) is 2. The molecule has 3 rings (SSSR count). The lowest BCUT2D eigenvalue weighted by atomic mass is 10.2. The third kappa shape index (κ3) is 3.02. The SMILES string of the molecule is CN(CC(=O)N1CCc2ccccc21)Cc1ccccc1F. The standard InChI is InChI=1S/C18H19FN2O/c1-20(12-15-7-2-4-8-16(15)19)13-18(22)21-11-10-14-6-3-5-9-17(14)21/h2-9H,10-13H2,1H3. The monoisotopic (exact) mass is 298 g/mol. The van der Waals surface area contributed by atoms with Gasteiger partial charge in [0.2, 0.25) is 5.91 Å². The largest absolute Gasteiger partial charge is 0.311 e. The average molecular weight is 298 g/mol. The third-order valence-corrected chi connectivity index (χ3v) is 3.99. The second-order valence-electron chi connectivity index (χ2n) is 5.69. The molecule has 0 radical (unpaired) electrons. The third-order valence-electron chi connectivity index (χ3n) is 3.99. The molecule has 0 fully saturated rings. The number of benzene rings is 2. The normalized spacial score (nSPS) is 13.5. The average Bonchev–Trinajstić information content (AvgIpc) is 2.93. The molecule has 1 heterocycles. The maximum atomic E-state index is 13.7. The van der Waals surface area contributed by atoms with Gasteiger partial charge in [-0.15, -0.1) is 0 Å². The molecule has 0 saturated carbocycles. The Morgan fingerprint density at radius 1 is 1.18 bits per heavy atom. The van der Waals surface area contributed by atoms with Crippen LogP contribution < -0.4 is 4.90 Å². The predicted octanol–water partition coefficient (Wildman–Crippen LogP) is 2.85. The van der Waals surface area contributed by atoms with E-state index in [1.807, 2.05) is 41.1 Å². The van der Waals surface area contributed by atoms with Gasteiger partial charge < -0.3 is 4.90 Å². The van der Waals surface area contributed by atoms with Crippen LogP contribution in [0.25, 0.3) is 0 Å². The fourth-order valence-corrected chi connectivity index (χ4v) is 2.89. The first-order valence-electron chi connectivity index (χ1n) is 7.45. The van der Waals surface area contributed by atoms with E-state index in [1.54, 1.807) is 12.1 Å². The van der Waals surface area contributed by atoms with Crippen LogP contribution in [0.15, 0.2) is 48.5 Å². The molecule has 2 aromatic carbocycles. The summed E-state index contributed by atoms with van der Waals surface area (Å²) in [6.45, 7) is 1.43. The zero-order valence-electron chi connectivity index (χ0n) is 12.6. The van der Waals surface area contributed by atoms with E-state index >= 15 is 0 Å². The summed E-state index contributed by atoms with van der Waals surface area (Å²) in [5, 5.41) is 0. The zero-order chi connectivity index (χ0) is 15.5. The smallest absolute Gasteiger partial charge is 0.241 e. The second kappa shape index (κ2) is 6.28. The first kappa shape index (κ1) is 14.7. The second-order valence-corrected chi connectivity index (χ2v) is 5.69. The molecule has 0 saturated heterocycles. The molecule has 3 nitrogen and oxygen atoms in total. The van der Waals surface area contributed by atoms with Gasteiger partial charge >= 0.3 is 0 Å². The van der Waals surface area contributed by atoms with Crippen molar-refractivity contribution < 1.29 is 9.18 Å². The molecule has 1 amide bonds. The van der Waals surface area contributed by atoms with Gasteiger partial charge in [-0.25, -0.2) is 4.39 Å². The lowest BCUT2D eigenvalue weighted by Gasteiger charge is -2.22. The maximum absolute atomic E-state index is 13.7. The molecule has 0 bridgehead atoms. The Kier molecular flexibility index (Phi) is 4.20. The zero-order valence-corrected chi connectivity index (χ0v) is 12.6. The van der Waals surface area contributed by atoms with E-state index in [1.165, 1.54) is 11.6 Å². The number of para-hydroxylation sites is 1. The van der Waals surface area contributed by atoms with Crippen molar-refractivity contribution in [2.45, 2.75) is 13.0 Å². The Morgan fingerprint density at radius 2 is 1.91 bits per heavy atom. The summed E-state index contributed by atoms with van der Waals surface area (Å²) in [7, 11) is 1.84. The topological polar surface area (TPSA) is 23.6 Å². The van der Waals surface area contributed by atoms with E-state index in [9.17, 15) is 9.18 Å². The number of carbonyl (C=O) groups is 1. The first-order valence-corrected chi connectivity index (χ1v) is 7.45. The Hall–Kier alpha value is -2.20. The van der Waals surface area contributed by atoms with E-state index in [2.05, 4.69) is 6.07 Å². The molecule has 2 aromatic rings. The Bertz CT molecular complexity index is 686. The highest BCUT2D eigenvalue weighted by Gasteiger charge is 2.24. The number of hydrogen-bond donors (Lipinski definition) is 0. The lowest BCUT2D eigenvalue weighted by molar-refractivity contribution is -0.119. The van der Waals surface area contributed by atoms with Crippen molar-refractivity contribution in [3.63, 3.8) is 0 Å². The van der Waals surface area contributed by atoms with Gasteiger partial charge in [0.05, 0.1) is 6.54 Å². The minimum atomic E-state index is -0.228. The quantitative estimate of drug-likeness (QED) is 0.866. The molecule has 0 spiro atoms. The van der Waals surface area contributed by atoms with Crippen LogP contribution in [0.5, 0.6) is 0 Å². The number of rotatable bonds is 4. The van der Waals surface area contributed by atoms with E-state index in [0.29, 0.717) is 12.1 Å². The minimum absolute atomic E-state index is 0.0591. The highest BCUT2D eigenvalue weighted by Crippen LogP contribution is 2.27. The summed E-state index contributed by atoms with van der Waals surface area (Å²) in [6, 6.07) is 14.7. The highest BCUT2D eigenvalue weighted by molar-refractivity contribution is 5.96. The Labute approximate surface area is 130 Å². The number of amides is 1. The van der Waals surface area contributed by atoms with Crippen molar-refractivity contribution in [1.29, 1.82) is 0 Å². The molecular weight excluding hydrogens is 279 g/mol. The summed E-state index contributed by atoms with van der Waals surface area (Å²) in [5.41, 5.74) is 2.83. The van der Waals surface area contributed by atoms with Crippen LogP contribution in [0.3, 0.4) is 0 Å². The summed E-state index contributed by atoms with van der Waals surface area (Å²) >= 11 is 0. The number of carbonyl (C=O) groups excluding carboxylic acids is 1. The van der Waals surface area contributed by atoms with E-state index < -0.39 is 0 Å². The molecule has 0 unspecified atom stereocenters. The Balaban J connectivity index is 1.64. The van der Waals surface area contributed by atoms with Gasteiger partial charge in [-0.3, -0.25) is 9.69 Å². The number of fused-ring (bicyclic) bond motifs is 1. The molecule has 0 aromatic heterocycles. The predicted molar refractivity (Wildman–Crippen MR) is 85.2 cm³/mol. The van der Waals surface area contributed by atoms with Crippen LogP contribution in [-0.2, 0) is 17.8 Å². The van der Waals surface area contributed by atoms with Crippen LogP contribution in [0.2, 0.25) is 0 Å². The summed E-state index contributed by atoms with van der Waals surface area (Å²) in [5.74, 6) is -0.169. The molecule has 0 atom stereocenters. The summed E-state index contributed by atoms with van der Waals surface area (Å²) in [6.07, 6.45) is 0.902. The van der Waals surface area contributed by atoms with Crippen LogP contribution in [-0.4, -0.2) is 30.9 Å². The summed E-state index contributed by atoms with van der Waals surface area (Å²) < 4.78 is 13.7. The van der Waals surface area contributed by atoms with Crippen LogP contribution in [0, 0.1) is 5.82 Å². The van der Waals surface area contributed by atoms with Crippen LogP contribution >= 0.6 is 0 Å². The molecule has 4 heteroatoms. The van der Waals surface area contributed by atoms with Gasteiger partial charge in [0, 0.05) is 24.3 Å². The minimum Gasteiger partial charge on any atom is -0.311 e. The summed E-state index contributed by atoms with van der Waals surface area (Å²) in [4.78, 5) is 16.2. The van der Waals surface area contributed by atoms with Gasteiger partial charge in [0.1, 0.15) is 5.82 Å². The van der Waals surface area contributed by atoms with Gasteiger partial charge in [0.15, 0.2) is 0 Å². The maximum Gasteiger partial charge on any atom is 0.241 e. The number of hydrogen-bond acceptors (Lipinski definition) is 2. The molecule has 1 aliphatic rings. The molecule has 1 aliphatic heterocycles. The number of halogens is 1. The fraction of sp³-hybridized carbons (Fsp3) is 0.278. The van der Waals surface area contributed by atoms with Crippen molar-refractivity contribution in [2.75, 3.05) is 25.0 Å². The van der Waals surface area contributed by atoms with E-state index in [4.69, 9.17) is 0 Å².